The van der Waals surface area contributed by atoms with Crippen LogP contribution in [0, 0.1) is 13.8 Å². The summed E-state index contributed by atoms with van der Waals surface area (Å²) in [7, 11) is 0. The van der Waals surface area contributed by atoms with E-state index >= 15 is 0 Å². The summed E-state index contributed by atoms with van der Waals surface area (Å²) in [5.74, 6) is -0.104. The average Bonchev–Trinajstić information content (AvgIpc) is 2.66. The smallest absolute Gasteiger partial charge is 0.253 e. The van der Waals surface area contributed by atoms with E-state index in [0.29, 0.717) is 12.1 Å². The second kappa shape index (κ2) is 5.63. The number of rotatable bonds is 3. The molecule has 18 heavy (non-hydrogen) atoms. The molecule has 0 aliphatic heterocycles. The Kier molecular flexibility index (Phi) is 4.14. The minimum Gasteiger partial charge on any atom is -0.347 e. The summed E-state index contributed by atoms with van der Waals surface area (Å²) in [4.78, 5) is 18.3. The molecular weight excluding hydrogens is 312 g/mol. The lowest BCUT2D eigenvalue weighted by Gasteiger charge is -2.03. The van der Waals surface area contributed by atoms with E-state index in [2.05, 4.69) is 46.1 Å². The van der Waals surface area contributed by atoms with E-state index in [1.54, 1.807) is 29.8 Å². The van der Waals surface area contributed by atoms with Gasteiger partial charge < -0.3 is 5.32 Å². The Labute approximate surface area is 118 Å². The van der Waals surface area contributed by atoms with Crippen molar-refractivity contribution >= 4 is 33.2 Å². The van der Waals surface area contributed by atoms with Crippen molar-refractivity contribution < 1.29 is 4.79 Å². The lowest BCUT2D eigenvalue weighted by Crippen LogP contribution is -2.22. The summed E-state index contributed by atoms with van der Waals surface area (Å²) in [5.41, 5.74) is 1.84. The lowest BCUT2D eigenvalue weighted by atomic mass is 10.2. The van der Waals surface area contributed by atoms with E-state index in [-0.39, 0.29) is 5.91 Å². The van der Waals surface area contributed by atoms with Crippen molar-refractivity contribution in [1.29, 1.82) is 0 Å². The number of hydrogen-bond donors (Lipinski definition) is 1. The van der Waals surface area contributed by atoms with Crippen LogP contribution in [0.1, 0.15) is 25.7 Å². The Bertz CT molecular complexity index is 561. The van der Waals surface area contributed by atoms with Gasteiger partial charge in [-0.25, -0.2) is 0 Å². The minimum absolute atomic E-state index is 0.104. The maximum absolute atomic E-state index is 11.9. The van der Waals surface area contributed by atoms with E-state index in [9.17, 15) is 4.79 Å². The van der Waals surface area contributed by atoms with E-state index in [4.69, 9.17) is 0 Å². The molecule has 2 heterocycles. The van der Waals surface area contributed by atoms with Gasteiger partial charge in [0.05, 0.1) is 12.1 Å². The number of nitrogens with zero attached hydrogens (tertiary/aromatic N) is 1. The second-order valence-corrected chi connectivity index (χ2v) is 6.28. The molecule has 0 aliphatic rings. The Morgan fingerprint density at radius 2 is 2.17 bits per heavy atom. The molecule has 0 saturated carbocycles. The maximum Gasteiger partial charge on any atom is 0.253 e. The van der Waals surface area contributed by atoms with Gasteiger partial charge in [0.25, 0.3) is 5.91 Å². The van der Waals surface area contributed by atoms with Crippen molar-refractivity contribution in [3.63, 3.8) is 0 Å². The highest BCUT2D eigenvalue weighted by atomic mass is 79.9. The van der Waals surface area contributed by atoms with Gasteiger partial charge in [0, 0.05) is 26.6 Å². The molecule has 0 fully saturated rings. The molecule has 3 nitrogen and oxygen atoms in total. The molecule has 1 amide bonds. The highest BCUT2D eigenvalue weighted by molar-refractivity contribution is 9.10. The van der Waals surface area contributed by atoms with E-state index in [0.717, 1.165) is 4.47 Å². The number of pyridine rings is 1. The average molecular weight is 325 g/mol. The first-order valence-electron chi connectivity index (χ1n) is 5.51. The number of carbonyl (C=O) groups excluding carboxylic acids is 1. The number of hydrogen-bond acceptors (Lipinski definition) is 3. The highest BCUT2D eigenvalue weighted by Gasteiger charge is 2.07. The molecule has 94 valence electrons. The van der Waals surface area contributed by atoms with Crippen molar-refractivity contribution in [1.82, 2.24) is 10.3 Å². The molecule has 0 aromatic carbocycles. The Morgan fingerprint density at radius 3 is 2.78 bits per heavy atom. The van der Waals surface area contributed by atoms with Crippen LogP contribution in [0.15, 0.2) is 29.0 Å². The predicted molar refractivity (Wildman–Crippen MR) is 76.9 cm³/mol. The van der Waals surface area contributed by atoms with Gasteiger partial charge in [-0.05, 0) is 47.5 Å². The lowest BCUT2D eigenvalue weighted by molar-refractivity contribution is 0.0951. The highest BCUT2D eigenvalue weighted by Crippen LogP contribution is 2.20. The summed E-state index contributed by atoms with van der Waals surface area (Å²) < 4.78 is 0.804. The Hall–Kier alpha value is -1.20. The number of thiophene rings is 1. The van der Waals surface area contributed by atoms with Gasteiger partial charge in [-0.2, -0.15) is 0 Å². The fourth-order valence-electron chi connectivity index (χ4n) is 1.54. The predicted octanol–water partition coefficient (Wildman–Crippen LogP) is 3.45. The third-order valence-electron chi connectivity index (χ3n) is 2.61. The van der Waals surface area contributed by atoms with Crippen LogP contribution in [0.4, 0.5) is 0 Å². The molecule has 0 spiro atoms. The first kappa shape index (κ1) is 13.2. The number of nitrogens with one attached hydrogen (secondary N) is 1. The summed E-state index contributed by atoms with van der Waals surface area (Å²) in [5, 5.41) is 2.89. The first-order valence-corrected chi connectivity index (χ1v) is 7.12. The van der Waals surface area contributed by atoms with Gasteiger partial charge in [0.15, 0.2) is 0 Å². The van der Waals surface area contributed by atoms with Crippen molar-refractivity contribution in [2.75, 3.05) is 0 Å². The van der Waals surface area contributed by atoms with Crippen molar-refractivity contribution in [2.45, 2.75) is 20.4 Å². The van der Waals surface area contributed by atoms with Crippen molar-refractivity contribution in [3.8, 4) is 0 Å². The largest absolute Gasteiger partial charge is 0.347 e. The van der Waals surface area contributed by atoms with Gasteiger partial charge >= 0.3 is 0 Å². The van der Waals surface area contributed by atoms with Crippen LogP contribution in [0.3, 0.4) is 0 Å². The summed E-state index contributed by atoms with van der Waals surface area (Å²) >= 11 is 5.01. The molecule has 0 unspecified atom stereocenters. The van der Waals surface area contributed by atoms with Crippen LogP contribution in [0.5, 0.6) is 0 Å². The number of aromatic nitrogens is 1. The topological polar surface area (TPSA) is 42.0 Å². The van der Waals surface area contributed by atoms with Gasteiger partial charge in [-0.1, -0.05) is 0 Å². The molecule has 2 rings (SSSR count). The molecule has 2 aromatic heterocycles. The third-order valence-corrected chi connectivity index (χ3v) is 4.19. The van der Waals surface area contributed by atoms with Gasteiger partial charge in [-0.15, -0.1) is 11.3 Å². The van der Waals surface area contributed by atoms with Gasteiger partial charge in [-0.3, -0.25) is 9.78 Å². The van der Waals surface area contributed by atoms with Gasteiger partial charge in [0.2, 0.25) is 0 Å². The number of halogens is 1. The normalized spacial score (nSPS) is 10.4. The monoisotopic (exact) mass is 324 g/mol. The van der Waals surface area contributed by atoms with Crippen molar-refractivity contribution in [2.24, 2.45) is 0 Å². The zero-order valence-corrected chi connectivity index (χ0v) is 12.6. The molecule has 0 saturated heterocycles. The Morgan fingerprint density at radius 1 is 1.39 bits per heavy atom. The van der Waals surface area contributed by atoms with Crippen LogP contribution >= 0.6 is 27.3 Å². The maximum atomic E-state index is 11.9. The van der Waals surface area contributed by atoms with E-state index < -0.39 is 0 Å². The molecule has 0 radical (unpaired) electrons. The minimum atomic E-state index is -0.104. The quantitative estimate of drug-likeness (QED) is 0.939. The SMILES string of the molecule is Cc1cc(CNC(=O)c2cncc(Br)c2)sc1C. The summed E-state index contributed by atoms with van der Waals surface area (Å²) in [6, 6.07) is 3.87. The molecule has 2 aromatic rings. The molecular formula is C13H13BrN2OS. The van der Waals surface area contributed by atoms with E-state index in [1.165, 1.54) is 15.3 Å². The fourth-order valence-corrected chi connectivity index (χ4v) is 2.90. The summed E-state index contributed by atoms with van der Waals surface area (Å²) in [6.45, 7) is 4.73. The molecule has 0 bridgehead atoms. The summed E-state index contributed by atoms with van der Waals surface area (Å²) in [6.07, 6.45) is 3.22. The molecule has 0 aliphatic carbocycles. The molecule has 0 atom stereocenters. The molecule has 1 N–H and O–H groups in total. The number of aryl methyl sites for hydroxylation is 2. The standard InChI is InChI=1S/C13H13BrN2OS/c1-8-3-12(18-9(8)2)7-16-13(17)10-4-11(14)6-15-5-10/h3-6H,7H2,1-2H3,(H,16,17). The third kappa shape index (κ3) is 3.17. The molecule has 5 heteroatoms. The van der Waals surface area contributed by atoms with Crippen LogP contribution in [0.2, 0.25) is 0 Å². The zero-order chi connectivity index (χ0) is 13.1. The Balaban J connectivity index is 2.00. The van der Waals surface area contributed by atoms with Gasteiger partial charge in [0.1, 0.15) is 0 Å². The van der Waals surface area contributed by atoms with Crippen molar-refractivity contribution in [3.05, 3.63) is 49.9 Å². The number of amides is 1. The van der Waals surface area contributed by atoms with E-state index in [1.807, 2.05) is 0 Å². The second-order valence-electron chi connectivity index (χ2n) is 4.03. The number of carbonyl (C=O) groups is 1. The first-order chi connectivity index (χ1) is 8.56. The van der Waals surface area contributed by atoms with Crippen LogP contribution in [0.25, 0.3) is 0 Å². The fraction of sp³-hybridized carbons (Fsp3) is 0.231. The van der Waals surface area contributed by atoms with Crippen LogP contribution in [-0.4, -0.2) is 10.9 Å². The van der Waals surface area contributed by atoms with Crippen LogP contribution < -0.4 is 5.32 Å². The zero-order valence-electron chi connectivity index (χ0n) is 10.2. The van der Waals surface area contributed by atoms with Crippen LogP contribution in [-0.2, 0) is 6.54 Å².